The van der Waals surface area contributed by atoms with E-state index in [9.17, 15) is 9.59 Å². The van der Waals surface area contributed by atoms with Crippen molar-refractivity contribution in [2.75, 3.05) is 6.54 Å². The van der Waals surface area contributed by atoms with E-state index in [1.54, 1.807) is 0 Å². The van der Waals surface area contributed by atoms with Crippen LogP contribution in [0.3, 0.4) is 0 Å². The number of carboxylic acid groups (broad SMARTS) is 1. The lowest BCUT2D eigenvalue weighted by Gasteiger charge is -2.03. The summed E-state index contributed by atoms with van der Waals surface area (Å²) in [5.74, 6) is -1.42. The van der Waals surface area contributed by atoms with Crippen molar-refractivity contribution in [2.45, 2.75) is 6.42 Å². The Morgan fingerprint density at radius 2 is 2.19 bits per heavy atom. The van der Waals surface area contributed by atoms with Crippen molar-refractivity contribution in [1.82, 2.24) is 15.3 Å². The SMILES string of the molecule is N#Cc1ccc(C(=O)NCCc2nc(C(=O)O)cs2)nc1. The van der Waals surface area contributed by atoms with Gasteiger partial charge < -0.3 is 10.4 Å². The van der Waals surface area contributed by atoms with Gasteiger partial charge in [0, 0.05) is 24.5 Å². The molecule has 0 aliphatic carbocycles. The van der Waals surface area contributed by atoms with Gasteiger partial charge in [-0.2, -0.15) is 5.26 Å². The van der Waals surface area contributed by atoms with Crippen LogP contribution in [-0.4, -0.2) is 33.5 Å². The van der Waals surface area contributed by atoms with Crippen LogP contribution in [0.1, 0.15) is 31.5 Å². The fourth-order valence-corrected chi connectivity index (χ4v) is 2.26. The highest BCUT2D eigenvalue weighted by Gasteiger charge is 2.10. The molecule has 0 atom stereocenters. The molecule has 21 heavy (non-hydrogen) atoms. The molecule has 2 aromatic heterocycles. The monoisotopic (exact) mass is 302 g/mol. The molecule has 106 valence electrons. The number of amides is 1. The molecule has 0 unspecified atom stereocenters. The van der Waals surface area contributed by atoms with Crippen molar-refractivity contribution in [2.24, 2.45) is 0 Å². The third-order valence-corrected chi connectivity index (χ3v) is 3.43. The second-order valence-electron chi connectivity index (χ2n) is 3.98. The van der Waals surface area contributed by atoms with E-state index >= 15 is 0 Å². The maximum Gasteiger partial charge on any atom is 0.355 e. The summed E-state index contributed by atoms with van der Waals surface area (Å²) in [7, 11) is 0. The molecule has 0 aliphatic rings. The lowest BCUT2D eigenvalue weighted by Crippen LogP contribution is -2.26. The van der Waals surface area contributed by atoms with Gasteiger partial charge in [-0.15, -0.1) is 11.3 Å². The van der Waals surface area contributed by atoms with E-state index in [1.807, 2.05) is 6.07 Å². The number of hydrogen-bond acceptors (Lipinski definition) is 6. The van der Waals surface area contributed by atoms with Crippen LogP contribution in [0.5, 0.6) is 0 Å². The van der Waals surface area contributed by atoms with Crippen molar-refractivity contribution in [3.05, 3.63) is 45.7 Å². The van der Waals surface area contributed by atoms with Crippen LogP contribution in [0.15, 0.2) is 23.7 Å². The largest absolute Gasteiger partial charge is 0.476 e. The Bertz CT molecular complexity index is 703. The number of rotatable bonds is 5. The third kappa shape index (κ3) is 3.84. The summed E-state index contributed by atoms with van der Waals surface area (Å²) in [5, 5.41) is 22.1. The van der Waals surface area contributed by atoms with E-state index in [-0.39, 0.29) is 17.3 Å². The second kappa shape index (κ2) is 6.58. The summed E-state index contributed by atoms with van der Waals surface area (Å²) in [6.07, 6.45) is 1.77. The quantitative estimate of drug-likeness (QED) is 0.853. The van der Waals surface area contributed by atoms with Crippen LogP contribution in [0.2, 0.25) is 0 Å². The van der Waals surface area contributed by atoms with E-state index < -0.39 is 5.97 Å². The zero-order chi connectivity index (χ0) is 15.2. The van der Waals surface area contributed by atoms with Crippen LogP contribution in [0.25, 0.3) is 0 Å². The Labute approximate surface area is 123 Å². The first-order chi connectivity index (χ1) is 10.1. The molecule has 2 rings (SSSR count). The van der Waals surface area contributed by atoms with Gasteiger partial charge in [-0.05, 0) is 12.1 Å². The predicted octanol–water partition coefficient (Wildman–Crippen LogP) is 1.08. The molecule has 8 heteroatoms. The molecule has 0 fully saturated rings. The molecule has 2 N–H and O–H groups in total. The number of carboxylic acids is 1. The molecule has 2 aromatic rings. The van der Waals surface area contributed by atoms with Crippen molar-refractivity contribution >= 4 is 23.2 Å². The molecule has 0 radical (unpaired) electrons. The normalized spacial score (nSPS) is 9.86. The Morgan fingerprint density at radius 1 is 1.38 bits per heavy atom. The molecule has 0 aliphatic heterocycles. The third-order valence-electron chi connectivity index (χ3n) is 2.52. The molecule has 1 amide bonds. The number of aromatic nitrogens is 2. The Morgan fingerprint density at radius 3 is 2.76 bits per heavy atom. The van der Waals surface area contributed by atoms with E-state index in [1.165, 1.54) is 35.0 Å². The number of carbonyl (C=O) groups excluding carboxylic acids is 1. The van der Waals surface area contributed by atoms with Crippen LogP contribution in [0.4, 0.5) is 0 Å². The van der Waals surface area contributed by atoms with E-state index in [0.717, 1.165) is 0 Å². The number of nitrogens with zero attached hydrogens (tertiary/aromatic N) is 3. The first-order valence-corrected chi connectivity index (χ1v) is 6.80. The Balaban J connectivity index is 1.86. The molecule has 0 saturated heterocycles. The summed E-state index contributed by atoms with van der Waals surface area (Å²) in [6.45, 7) is 0.326. The van der Waals surface area contributed by atoms with Gasteiger partial charge in [0.1, 0.15) is 11.8 Å². The minimum absolute atomic E-state index is 0.00934. The maximum atomic E-state index is 11.8. The highest BCUT2D eigenvalue weighted by atomic mass is 32.1. The van der Waals surface area contributed by atoms with Gasteiger partial charge in [-0.3, -0.25) is 4.79 Å². The standard InChI is InChI=1S/C13H10N4O3S/c14-5-8-1-2-9(16-6-8)12(18)15-4-3-11-17-10(7-21-11)13(19)20/h1-2,6-7H,3-4H2,(H,15,18)(H,19,20). The fraction of sp³-hybridized carbons (Fsp3) is 0.154. The Hall–Kier alpha value is -2.79. The summed E-state index contributed by atoms with van der Waals surface area (Å²) in [6, 6.07) is 4.91. The first-order valence-electron chi connectivity index (χ1n) is 5.92. The number of thiazole rings is 1. The minimum atomic E-state index is -1.07. The van der Waals surface area contributed by atoms with Crippen molar-refractivity contribution in [1.29, 1.82) is 5.26 Å². The van der Waals surface area contributed by atoms with Gasteiger partial charge in [-0.1, -0.05) is 0 Å². The second-order valence-corrected chi connectivity index (χ2v) is 4.92. The van der Waals surface area contributed by atoms with E-state index in [2.05, 4.69) is 15.3 Å². The average molecular weight is 302 g/mol. The molecular weight excluding hydrogens is 292 g/mol. The summed E-state index contributed by atoms with van der Waals surface area (Å²) in [4.78, 5) is 30.3. The molecular formula is C13H10N4O3S. The highest BCUT2D eigenvalue weighted by Crippen LogP contribution is 2.10. The predicted molar refractivity (Wildman–Crippen MR) is 74.1 cm³/mol. The molecule has 0 aromatic carbocycles. The van der Waals surface area contributed by atoms with Crippen molar-refractivity contribution in [3.8, 4) is 6.07 Å². The van der Waals surface area contributed by atoms with Gasteiger partial charge in [0.15, 0.2) is 5.69 Å². The molecule has 0 bridgehead atoms. The van der Waals surface area contributed by atoms with Gasteiger partial charge in [-0.25, -0.2) is 14.8 Å². The molecule has 7 nitrogen and oxygen atoms in total. The summed E-state index contributed by atoms with van der Waals surface area (Å²) < 4.78 is 0. The minimum Gasteiger partial charge on any atom is -0.476 e. The summed E-state index contributed by atoms with van der Waals surface area (Å²) in [5.41, 5.74) is 0.616. The fourth-order valence-electron chi connectivity index (χ4n) is 1.49. The van der Waals surface area contributed by atoms with E-state index in [4.69, 9.17) is 10.4 Å². The van der Waals surface area contributed by atoms with Crippen LogP contribution >= 0.6 is 11.3 Å². The van der Waals surface area contributed by atoms with Gasteiger partial charge in [0.2, 0.25) is 0 Å². The van der Waals surface area contributed by atoms with Gasteiger partial charge in [0.05, 0.1) is 10.6 Å². The maximum absolute atomic E-state index is 11.8. The lowest BCUT2D eigenvalue weighted by atomic mass is 10.2. The number of carbonyl (C=O) groups is 2. The zero-order valence-corrected chi connectivity index (χ0v) is 11.6. The van der Waals surface area contributed by atoms with Crippen LogP contribution < -0.4 is 5.32 Å². The summed E-state index contributed by atoms with van der Waals surface area (Å²) >= 11 is 1.24. The Kier molecular flexibility index (Phi) is 4.58. The number of hydrogen-bond donors (Lipinski definition) is 2. The number of aromatic carboxylic acids is 1. The van der Waals surface area contributed by atoms with Crippen molar-refractivity contribution < 1.29 is 14.7 Å². The van der Waals surface area contributed by atoms with Crippen LogP contribution in [0, 0.1) is 11.3 Å². The molecule has 0 spiro atoms. The van der Waals surface area contributed by atoms with Crippen LogP contribution in [-0.2, 0) is 6.42 Å². The first kappa shape index (κ1) is 14.6. The average Bonchev–Trinajstić information content (AvgIpc) is 2.96. The molecule has 2 heterocycles. The van der Waals surface area contributed by atoms with Gasteiger partial charge in [0.25, 0.3) is 5.91 Å². The number of pyridine rings is 1. The smallest absolute Gasteiger partial charge is 0.355 e. The number of nitriles is 1. The van der Waals surface area contributed by atoms with Gasteiger partial charge >= 0.3 is 5.97 Å². The van der Waals surface area contributed by atoms with Crippen molar-refractivity contribution in [3.63, 3.8) is 0 Å². The molecule has 0 saturated carbocycles. The number of nitrogens with one attached hydrogen (secondary N) is 1. The van der Waals surface area contributed by atoms with E-state index in [0.29, 0.717) is 23.5 Å². The lowest BCUT2D eigenvalue weighted by molar-refractivity contribution is 0.0690. The highest BCUT2D eigenvalue weighted by molar-refractivity contribution is 7.09. The zero-order valence-electron chi connectivity index (χ0n) is 10.7. The topological polar surface area (TPSA) is 116 Å².